The van der Waals surface area contributed by atoms with Crippen LogP contribution in [-0.2, 0) is 0 Å². The standard InChI is InChI=1S/C34H21F2N9O3/c35-22-7-1-3-9-24(22)37-33-40-31(41-34(42-33)38-25-10-4-2-8-23(25)36)26-19-45(44-43-26)21-15-13-20(14-16-21)32-39-29(27-11-5-17-46-27)30(48-32)28-12-6-18-47-28/h1-19H,(H2,37,38,40,41,42). The third-order valence-corrected chi connectivity index (χ3v) is 7.10. The highest BCUT2D eigenvalue weighted by atomic mass is 19.1. The molecule has 48 heavy (non-hydrogen) atoms. The Morgan fingerprint density at radius 1 is 0.625 bits per heavy atom. The van der Waals surface area contributed by atoms with E-state index < -0.39 is 11.6 Å². The molecule has 0 aliphatic heterocycles. The molecule has 0 aliphatic rings. The van der Waals surface area contributed by atoms with E-state index in [1.165, 1.54) is 28.9 Å². The summed E-state index contributed by atoms with van der Waals surface area (Å²) in [5.74, 6) is 1.00. The van der Waals surface area contributed by atoms with E-state index in [-0.39, 0.29) is 34.8 Å². The lowest BCUT2D eigenvalue weighted by Gasteiger charge is -2.10. The second-order valence-electron chi connectivity index (χ2n) is 10.3. The Balaban J connectivity index is 1.10. The molecule has 0 unspecified atom stereocenters. The molecule has 0 fully saturated rings. The van der Waals surface area contributed by atoms with Crippen molar-refractivity contribution >= 4 is 23.3 Å². The van der Waals surface area contributed by atoms with E-state index >= 15 is 0 Å². The van der Waals surface area contributed by atoms with Crippen molar-refractivity contribution in [2.75, 3.05) is 10.6 Å². The van der Waals surface area contributed by atoms with Gasteiger partial charge in [0.1, 0.15) is 11.6 Å². The molecule has 14 heteroatoms. The molecule has 2 N–H and O–H groups in total. The van der Waals surface area contributed by atoms with Crippen molar-refractivity contribution in [3.05, 3.63) is 127 Å². The molecule has 0 saturated heterocycles. The third-order valence-electron chi connectivity index (χ3n) is 7.10. The number of furan rings is 2. The van der Waals surface area contributed by atoms with Gasteiger partial charge >= 0.3 is 0 Å². The smallest absolute Gasteiger partial charge is 0.232 e. The Hall–Kier alpha value is -6.96. The molecular weight excluding hydrogens is 620 g/mol. The number of hydrogen-bond acceptors (Lipinski definition) is 11. The van der Waals surface area contributed by atoms with Gasteiger partial charge in [0.05, 0.1) is 35.8 Å². The molecular formula is C34H21F2N9O3. The molecule has 0 saturated carbocycles. The van der Waals surface area contributed by atoms with Gasteiger partial charge < -0.3 is 23.9 Å². The molecule has 0 bridgehead atoms. The van der Waals surface area contributed by atoms with E-state index in [9.17, 15) is 8.78 Å². The fourth-order valence-corrected chi connectivity index (χ4v) is 4.82. The number of nitrogens with one attached hydrogen (secondary N) is 2. The van der Waals surface area contributed by atoms with E-state index in [0.29, 0.717) is 40.1 Å². The topological polar surface area (TPSA) is 146 Å². The van der Waals surface area contributed by atoms with Gasteiger partial charge in [-0.1, -0.05) is 29.5 Å². The Kier molecular flexibility index (Phi) is 7.18. The fraction of sp³-hybridized carbons (Fsp3) is 0. The summed E-state index contributed by atoms with van der Waals surface area (Å²) >= 11 is 0. The number of hydrogen-bond donors (Lipinski definition) is 2. The molecule has 8 aromatic rings. The van der Waals surface area contributed by atoms with Crippen LogP contribution in [-0.4, -0.2) is 34.9 Å². The number of oxazole rings is 1. The van der Waals surface area contributed by atoms with Crippen LogP contribution in [0.25, 0.3) is 51.6 Å². The van der Waals surface area contributed by atoms with Gasteiger partial charge in [-0.2, -0.15) is 15.0 Å². The van der Waals surface area contributed by atoms with Gasteiger partial charge in [-0.3, -0.25) is 0 Å². The van der Waals surface area contributed by atoms with Gasteiger partial charge in [-0.05, 0) is 72.8 Å². The monoisotopic (exact) mass is 641 g/mol. The summed E-state index contributed by atoms with van der Waals surface area (Å²) in [6, 6.07) is 26.6. The lowest BCUT2D eigenvalue weighted by molar-refractivity contribution is 0.527. The van der Waals surface area contributed by atoms with Crippen molar-refractivity contribution in [1.82, 2.24) is 34.9 Å². The number of anilines is 4. The number of benzene rings is 3. The van der Waals surface area contributed by atoms with Crippen LogP contribution < -0.4 is 10.6 Å². The highest BCUT2D eigenvalue weighted by molar-refractivity contribution is 5.74. The molecule has 0 radical (unpaired) electrons. The van der Waals surface area contributed by atoms with Crippen molar-refractivity contribution in [1.29, 1.82) is 0 Å². The maximum Gasteiger partial charge on any atom is 0.232 e. The average Bonchev–Trinajstić information content (AvgIpc) is 3.94. The van der Waals surface area contributed by atoms with Crippen LogP contribution in [0.4, 0.5) is 32.1 Å². The third kappa shape index (κ3) is 5.64. The summed E-state index contributed by atoms with van der Waals surface area (Å²) in [6.45, 7) is 0. The van der Waals surface area contributed by atoms with Crippen LogP contribution >= 0.6 is 0 Å². The van der Waals surface area contributed by atoms with E-state index in [2.05, 4.69) is 40.9 Å². The molecule has 0 aliphatic carbocycles. The Labute approximate surface area is 269 Å². The summed E-state index contributed by atoms with van der Waals surface area (Å²) in [5, 5.41) is 14.2. The number of halogens is 2. The van der Waals surface area contributed by atoms with Crippen LogP contribution in [0.2, 0.25) is 0 Å². The summed E-state index contributed by atoms with van der Waals surface area (Å²) < 4.78 is 47.6. The van der Waals surface area contributed by atoms with Crippen molar-refractivity contribution in [3.8, 4) is 51.6 Å². The Morgan fingerprint density at radius 2 is 1.25 bits per heavy atom. The van der Waals surface area contributed by atoms with Crippen molar-refractivity contribution in [2.45, 2.75) is 0 Å². The Morgan fingerprint density at radius 3 is 1.85 bits per heavy atom. The number of aromatic nitrogens is 7. The predicted molar refractivity (Wildman–Crippen MR) is 170 cm³/mol. The quantitative estimate of drug-likeness (QED) is 0.158. The normalized spacial score (nSPS) is 11.1. The molecule has 0 atom stereocenters. The number of rotatable bonds is 9. The zero-order valence-corrected chi connectivity index (χ0v) is 24.6. The van der Waals surface area contributed by atoms with Crippen molar-refractivity contribution < 1.29 is 22.0 Å². The first-order chi connectivity index (χ1) is 23.6. The first-order valence-corrected chi connectivity index (χ1v) is 14.5. The highest BCUT2D eigenvalue weighted by Crippen LogP contribution is 2.36. The second kappa shape index (κ2) is 12.1. The maximum atomic E-state index is 14.4. The van der Waals surface area contributed by atoms with Gasteiger partial charge in [0.2, 0.25) is 23.5 Å². The zero-order chi connectivity index (χ0) is 32.5. The van der Waals surface area contributed by atoms with Crippen LogP contribution in [0.1, 0.15) is 0 Å². The minimum Gasteiger partial charge on any atom is -0.463 e. The first-order valence-electron chi connectivity index (χ1n) is 14.5. The van der Waals surface area contributed by atoms with Gasteiger partial charge in [0.25, 0.3) is 0 Å². The summed E-state index contributed by atoms with van der Waals surface area (Å²) in [6.07, 6.45) is 4.75. The van der Waals surface area contributed by atoms with Gasteiger partial charge in [0.15, 0.2) is 28.7 Å². The van der Waals surface area contributed by atoms with Crippen LogP contribution in [0.15, 0.2) is 129 Å². The van der Waals surface area contributed by atoms with Gasteiger partial charge in [0, 0.05) is 5.56 Å². The summed E-state index contributed by atoms with van der Waals surface area (Å²) in [4.78, 5) is 17.9. The van der Waals surface area contributed by atoms with Crippen LogP contribution in [0.3, 0.4) is 0 Å². The molecule has 8 rings (SSSR count). The minimum atomic E-state index is -0.503. The Bertz CT molecular complexity index is 2220. The van der Waals surface area contributed by atoms with Gasteiger partial charge in [-0.25, -0.2) is 18.4 Å². The predicted octanol–water partition coefficient (Wildman–Crippen LogP) is 8.06. The van der Waals surface area contributed by atoms with E-state index in [0.717, 1.165) is 0 Å². The lowest BCUT2D eigenvalue weighted by atomic mass is 10.2. The largest absolute Gasteiger partial charge is 0.463 e. The highest BCUT2D eigenvalue weighted by Gasteiger charge is 2.22. The van der Waals surface area contributed by atoms with Gasteiger partial charge in [-0.15, -0.1) is 5.10 Å². The molecule has 0 amide bonds. The minimum absolute atomic E-state index is 0.0108. The fourth-order valence-electron chi connectivity index (χ4n) is 4.82. The van der Waals surface area contributed by atoms with Crippen molar-refractivity contribution in [3.63, 3.8) is 0 Å². The maximum absolute atomic E-state index is 14.4. The van der Waals surface area contributed by atoms with E-state index in [1.54, 1.807) is 67.3 Å². The second-order valence-corrected chi connectivity index (χ2v) is 10.3. The summed E-state index contributed by atoms with van der Waals surface area (Å²) in [7, 11) is 0. The summed E-state index contributed by atoms with van der Waals surface area (Å²) in [5.41, 5.74) is 2.47. The number of para-hydroxylation sites is 2. The van der Waals surface area contributed by atoms with Crippen LogP contribution in [0.5, 0.6) is 0 Å². The van der Waals surface area contributed by atoms with E-state index in [1.807, 2.05) is 24.3 Å². The zero-order valence-electron chi connectivity index (χ0n) is 24.6. The molecule has 5 aromatic heterocycles. The lowest BCUT2D eigenvalue weighted by Crippen LogP contribution is -2.07. The van der Waals surface area contributed by atoms with Crippen molar-refractivity contribution in [2.24, 2.45) is 0 Å². The van der Waals surface area contributed by atoms with E-state index in [4.69, 9.17) is 13.3 Å². The molecule has 0 spiro atoms. The first kappa shape index (κ1) is 28.5. The molecule has 3 aromatic carbocycles. The number of nitrogens with zero attached hydrogens (tertiary/aromatic N) is 7. The molecule has 5 heterocycles. The average molecular weight is 642 g/mol. The molecule has 12 nitrogen and oxygen atoms in total. The van der Waals surface area contributed by atoms with Crippen LogP contribution in [0, 0.1) is 11.6 Å². The SMILES string of the molecule is Fc1ccccc1Nc1nc(Nc2ccccc2F)nc(-c2cn(-c3ccc(-c4nc(-c5ccco5)c(-c5ccco5)o4)cc3)nn2)n1. The molecule has 234 valence electrons.